The van der Waals surface area contributed by atoms with Crippen LogP contribution in [-0.2, 0) is 22.1 Å². The first-order valence-corrected chi connectivity index (χ1v) is 16.8. The second-order valence-corrected chi connectivity index (χ2v) is 15.5. The van der Waals surface area contributed by atoms with Crippen LogP contribution in [0.4, 0.5) is 23.1 Å². The standard InChI is InChI=1S/C30H37ClN5O2P/c1-20-4-11-26(27(14-20)39(2,3)37)34-28-25(31)16-32-29(35-28)33-23-8-5-21-6-9-24(10-7-22(21)15-23)36-13-12-30(17-36)18-38-19-30/h4-5,8,11,14-16,24H,6-7,9-10,12-13,17-19H2,1-3H3,(H2,32,33,34,35). The summed E-state index contributed by atoms with van der Waals surface area (Å²) in [6.07, 6.45) is 7.47. The molecule has 0 saturated carbocycles. The lowest BCUT2D eigenvalue weighted by Crippen LogP contribution is -2.46. The Morgan fingerprint density at radius 1 is 1.08 bits per heavy atom. The monoisotopic (exact) mass is 565 g/mol. The molecule has 0 amide bonds. The van der Waals surface area contributed by atoms with Gasteiger partial charge < -0.3 is 19.9 Å². The first kappa shape index (κ1) is 26.8. The molecule has 39 heavy (non-hydrogen) atoms. The van der Waals surface area contributed by atoms with E-state index in [1.54, 1.807) is 19.5 Å². The number of nitrogens with zero attached hydrogens (tertiary/aromatic N) is 3. The SMILES string of the molecule is Cc1ccc(Nc2nc(Nc3ccc4c(c3)CCC(N3CCC5(COC5)C3)CC4)ncc2Cl)c(P(C)(C)=O)c1. The van der Waals surface area contributed by atoms with Crippen LogP contribution in [0.2, 0.25) is 5.02 Å². The fourth-order valence-corrected chi connectivity index (χ4v) is 7.57. The van der Waals surface area contributed by atoms with Crippen molar-refractivity contribution in [2.45, 2.75) is 45.1 Å². The summed E-state index contributed by atoms with van der Waals surface area (Å²) in [4.78, 5) is 11.8. The minimum Gasteiger partial charge on any atom is -0.380 e. The number of anilines is 4. The molecule has 7 nitrogen and oxygen atoms in total. The van der Waals surface area contributed by atoms with E-state index in [0.29, 0.717) is 28.2 Å². The van der Waals surface area contributed by atoms with Gasteiger partial charge in [0.1, 0.15) is 12.2 Å². The van der Waals surface area contributed by atoms with Crippen molar-refractivity contribution in [3.63, 3.8) is 0 Å². The molecule has 3 heterocycles. The third kappa shape index (κ3) is 5.74. The van der Waals surface area contributed by atoms with Crippen LogP contribution in [0.3, 0.4) is 0 Å². The first-order chi connectivity index (χ1) is 18.7. The van der Waals surface area contributed by atoms with Crippen LogP contribution in [0.25, 0.3) is 0 Å². The molecule has 0 radical (unpaired) electrons. The average Bonchev–Trinajstić information content (AvgIpc) is 3.24. The lowest BCUT2D eigenvalue weighted by molar-refractivity contribution is -0.106. The van der Waals surface area contributed by atoms with Gasteiger partial charge in [0.2, 0.25) is 5.95 Å². The Kier molecular flexibility index (Phi) is 7.22. The number of nitrogens with one attached hydrogen (secondary N) is 2. The molecule has 1 unspecified atom stereocenters. The van der Waals surface area contributed by atoms with E-state index in [2.05, 4.69) is 43.7 Å². The number of halogens is 1. The summed E-state index contributed by atoms with van der Waals surface area (Å²) in [5, 5.41) is 7.85. The Balaban J connectivity index is 1.16. The summed E-state index contributed by atoms with van der Waals surface area (Å²) in [6.45, 7) is 9.83. The number of ether oxygens (including phenoxy) is 1. The molecular formula is C30H37ClN5O2P. The zero-order chi connectivity index (χ0) is 27.2. The number of hydrogen-bond donors (Lipinski definition) is 2. The molecule has 2 N–H and O–H groups in total. The second-order valence-electron chi connectivity index (χ2n) is 11.9. The molecule has 6 rings (SSSR count). The van der Waals surface area contributed by atoms with E-state index in [-0.39, 0.29) is 0 Å². The van der Waals surface area contributed by atoms with E-state index >= 15 is 0 Å². The minimum atomic E-state index is -2.51. The van der Waals surface area contributed by atoms with Crippen LogP contribution >= 0.6 is 18.7 Å². The number of likely N-dealkylation sites (tertiary alicyclic amines) is 1. The molecule has 1 spiro atoms. The first-order valence-electron chi connectivity index (χ1n) is 13.8. The van der Waals surface area contributed by atoms with Gasteiger partial charge >= 0.3 is 0 Å². The highest BCUT2D eigenvalue weighted by molar-refractivity contribution is 7.70. The van der Waals surface area contributed by atoms with Crippen molar-refractivity contribution in [2.75, 3.05) is 50.3 Å². The molecule has 1 atom stereocenters. The third-order valence-electron chi connectivity index (χ3n) is 8.49. The number of aromatic nitrogens is 2. The van der Waals surface area contributed by atoms with Gasteiger partial charge in [-0.3, -0.25) is 4.90 Å². The van der Waals surface area contributed by atoms with Crippen molar-refractivity contribution >= 4 is 47.2 Å². The zero-order valence-corrected chi connectivity index (χ0v) is 24.6. The predicted octanol–water partition coefficient (Wildman–Crippen LogP) is 6.14. The molecule has 1 aromatic heterocycles. The summed E-state index contributed by atoms with van der Waals surface area (Å²) in [7, 11) is -2.51. The maximum absolute atomic E-state index is 12.9. The van der Waals surface area contributed by atoms with Crippen LogP contribution in [0, 0.1) is 12.3 Å². The largest absolute Gasteiger partial charge is 0.380 e. The second kappa shape index (κ2) is 10.5. The number of aryl methyl sites for hydroxylation is 3. The van der Waals surface area contributed by atoms with Crippen LogP contribution in [-0.4, -0.2) is 60.5 Å². The number of rotatable bonds is 6. The highest BCUT2D eigenvalue weighted by Gasteiger charge is 2.45. The lowest BCUT2D eigenvalue weighted by atomic mass is 9.85. The maximum Gasteiger partial charge on any atom is 0.229 e. The predicted molar refractivity (Wildman–Crippen MR) is 160 cm³/mol. The van der Waals surface area contributed by atoms with Gasteiger partial charge in [-0.25, -0.2) is 4.98 Å². The quantitative estimate of drug-likeness (QED) is 0.274. The normalized spacial score (nSPS) is 20.8. The van der Waals surface area contributed by atoms with Gasteiger partial charge in [0, 0.05) is 29.0 Å². The molecule has 2 saturated heterocycles. The van der Waals surface area contributed by atoms with Crippen molar-refractivity contribution < 1.29 is 9.30 Å². The molecule has 2 aliphatic heterocycles. The Labute approximate surface area is 236 Å². The van der Waals surface area contributed by atoms with Gasteiger partial charge in [0.05, 0.1) is 25.1 Å². The fraction of sp³-hybridized carbons (Fsp3) is 0.467. The fourth-order valence-electron chi connectivity index (χ4n) is 6.21. The molecule has 0 bridgehead atoms. The van der Waals surface area contributed by atoms with E-state index in [1.807, 2.05) is 25.1 Å². The average molecular weight is 566 g/mol. The molecular weight excluding hydrogens is 529 g/mol. The van der Waals surface area contributed by atoms with E-state index in [9.17, 15) is 4.57 Å². The van der Waals surface area contributed by atoms with Crippen molar-refractivity contribution in [1.29, 1.82) is 0 Å². The van der Waals surface area contributed by atoms with Gasteiger partial charge in [-0.2, -0.15) is 4.98 Å². The summed E-state index contributed by atoms with van der Waals surface area (Å²) in [6, 6.07) is 13.1. The van der Waals surface area contributed by atoms with E-state index < -0.39 is 7.14 Å². The zero-order valence-electron chi connectivity index (χ0n) is 23.0. The Hall–Kier alpha value is -2.44. The topological polar surface area (TPSA) is 79.4 Å². The summed E-state index contributed by atoms with van der Waals surface area (Å²) < 4.78 is 18.5. The van der Waals surface area contributed by atoms with E-state index in [1.165, 1.54) is 43.5 Å². The van der Waals surface area contributed by atoms with Crippen molar-refractivity contribution in [2.24, 2.45) is 5.41 Å². The summed E-state index contributed by atoms with van der Waals surface area (Å²) in [5.74, 6) is 0.939. The minimum absolute atomic E-state index is 0.402. The van der Waals surface area contributed by atoms with E-state index in [0.717, 1.165) is 48.3 Å². The molecule has 2 aromatic carbocycles. The smallest absolute Gasteiger partial charge is 0.229 e. The third-order valence-corrected chi connectivity index (χ3v) is 10.3. The van der Waals surface area contributed by atoms with Gasteiger partial charge in [-0.05, 0) is 94.3 Å². The highest BCUT2D eigenvalue weighted by atomic mass is 35.5. The van der Waals surface area contributed by atoms with Crippen molar-refractivity contribution in [3.8, 4) is 0 Å². The van der Waals surface area contributed by atoms with Crippen molar-refractivity contribution in [1.82, 2.24) is 14.9 Å². The number of fused-ring (bicyclic) bond motifs is 1. The van der Waals surface area contributed by atoms with Gasteiger partial charge in [-0.15, -0.1) is 0 Å². The van der Waals surface area contributed by atoms with Crippen LogP contribution in [0.5, 0.6) is 0 Å². The Morgan fingerprint density at radius 3 is 2.59 bits per heavy atom. The van der Waals surface area contributed by atoms with Crippen LogP contribution < -0.4 is 15.9 Å². The van der Waals surface area contributed by atoms with E-state index in [4.69, 9.17) is 16.3 Å². The Morgan fingerprint density at radius 2 is 1.87 bits per heavy atom. The van der Waals surface area contributed by atoms with Crippen LogP contribution in [0.15, 0.2) is 42.6 Å². The lowest BCUT2D eigenvalue weighted by Gasteiger charge is -2.39. The molecule has 1 aliphatic carbocycles. The van der Waals surface area contributed by atoms with Gasteiger partial charge in [0.15, 0.2) is 5.82 Å². The van der Waals surface area contributed by atoms with Crippen LogP contribution in [0.1, 0.15) is 36.0 Å². The maximum atomic E-state index is 12.9. The molecule has 206 valence electrons. The molecule has 3 aliphatic rings. The summed E-state index contributed by atoms with van der Waals surface area (Å²) in [5.41, 5.74) is 6.06. The van der Waals surface area contributed by atoms with Gasteiger partial charge in [-0.1, -0.05) is 29.3 Å². The number of benzene rings is 2. The Bertz CT molecular complexity index is 1440. The van der Waals surface area contributed by atoms with Crippen molar-refractivity contribution in [3.05, 3.63) is 64.3 Å². The molecule has 3 aromatic rings. The molecule has 2 fully saturated rings. The molecule has 9 heteroatoms. The summed E-state index contributed by atoms with van der Waals surface area (Å²) >= 11 is 6.46. The number of hydrogen-bond acceptors (Lipinski definition) is 7. The van der Waals surface area contributed by atoms with Gasteiger partial charge in [0.25, 0.3) is 0 Å². The highest BCUT2D eigenvalue weighted by Crippen LogP contribution is 2.41.